The number of aliphatic hydroxyl groups excluding tert-OH is 2. The fraction of sp³-hybridized carbons (Fsp3) is 0.480. The lowest BCUT2D eigenvalue weighted by Gasteiger charge is -2.62. The number of imide groups is 1. The quantitative estimate of drug-likeness (QED) is 0.181. The summed E-state index contributed by atoms with van der Waals surface area (Å²) in [6.07, 6.45) is 6.43. The first kappa shape index (κ1) is 45.2. The van der Waals surface area contributed by atoms with Gasteiger partial charge in [-0.25, -0.2) is 4.39 Å². The van der Waals surface area contributed by atoms with E-state index in [0.717, 1.165) is 39.3 Å². The van der Waals surface area contributed by atoms with E-state index >= 15 is 4.39 Å². The number of hydrogen-bond acceptors (Lipinski definition) is 10. The smallest absolute Gasteiger partial charge is 0.253 e. The molecule has 11 atom stereocenters. The van der Waals surface area contributed by atoms with Crippen LogP contribution in [0.3, 0.4) is 0 Å². The Kier molecular flexibility index (Phi) is 11.9. The largest absolute Gasteiger partial charge is 0.390 e. The summed E-state index contributed by atoms with van der Waals surface area (Å²) in [5.74, 6) is -4.37. The van der Waals surface area contributed by atoms with Gasteiger partial charge in [0.1, 0.15) is 6.61 Å². The Morgan fingerprint density at radius 1 is 1.00 bits per heavy atom. The first-order chi connectivity index (χ1) is 30.3. The van der Waals surface area contributed by atoms with Crippen LogP contribution in [0.2, 0.25) is 0 Å². The molecule has 2 aliphatic heterocycles. The Balaban J connectivity index is 0.879. The van der Waals surface area contributed by atoms with Crippen LogP contribution in [0.15, 0.2) is 96.6 Å². The Morgan fingerprint density at radius 2 is 1.72 bits per heavy atom. The van der Waals surface area contributed by atoms with Crippen molar-refractivity contribution in [3.63, 3.8) is 0 Å². The normalized spacial score (nSPS) is 33.4. The maximum atomic E-state index is 17.8. The van der Waals surface area contributed by atoms with Gasteiger partial charge in [0.25, 0.3) is 11.8 Å². The van der Waals surface area contributed by atoms with Crippen LogP contribution >= 0.6 is 0 Å². The maximum absolute atomic E-state index is 17.8. The van der Waals surface area contributed by atoms with Crippen LogP contribution in [0.1, 0.15) is 89.2 Å². The van der Waals surface area contributed by atoms with E-state index in [9.17, 15) is 39.0 Å². The monoisotopic (exact) mass is 877 g/mol. The Labute approximate surface area is 371 Å². The summed E-state index contributed by atoms with van der Waals surface area (Å²) in [5.41, 5.74) is -0.857. The molecule has 1 unspecified atom stereocenters. The molecule has 6 aliphatic rings. The standard InChI is InChI=1S/C50H56FN3O10/c1-28-17-19-47(4)34(21-28)13-14-36-37-25-41-50(40(58)27-55,48(37,5)26-39(57)49(36,47)51)64-46(63-41)33-11-9-31(10-12-33)23-32-7-6-8-35(24-32)53-45(62)29(2)22-38(56)30(3)52-42(59)18-20-54-43(60)15-16-44(54)61/h6-12,15-17,19,21,24,29-30,36-37,39,41,46,55,57H,1,13-14,18,20,22-23,25-27H2,2-5H3,(H,52,59)(H,53,62)/t29-,30+,36+,37+,39+,41-,46?,47+,48+,49+,50-/m1/s1. The predicted octanol–water partition coefficient (Wildman–Crippen LogP) is 5.31. The van der Waals surface area contributed by atoms with Crippen LogP contribution in [-0.4, -0.2) is 93.0 Å². The number of nitrogens with one attached hydrogen (secondary N) is 2. The second-order valence-electron chi connectivity index (χ2n) is 18.9. The number of benzene rings is 2. The van der Waals surface area contributed by atoms with E-state index in [1.54, 1.807) is 13.0 Å². The van der Waals surface area contributed by atoms with Crippen LogP contribution < -0.4 is 10.6 Å². The average molecular weight is 878 g/mol. The van der Waals surface area contributed by atoms with Gasteiger partial charge < -0.3 is 30.3 Å². The number of amides is 4. The summed E-state index contributed by atoms with van der Waals surface area (Å²) in [7, 11) is 0. The van der Waals surface area contributed by atoms with Crippen molar-refractivity contribution in [1.29, 1.82) is 0 Å². The number of nitrogens with zero attached hydrogens (tertiary/aromatic N) is 1. The third-order valence-electron chi connectivity index (χ3n) is 15.2. The van der Waals surface area contributed by atoms with E-state index in [1.807, 2.05) is 74.5 Å². The molecule has 64 heavy (non-hydrogen) atoms. The van der Waals surface area contributed by atoms with E-state index in [0.29, 0.717) is 36.9 Å². The third kappa shape index (κ3) is 7.41. The van der Waals surface area contributed by atoms with Gasteiger partial charge in [-0.2, -0.15) is 0 Å². The molecule has 2 aromatic carbocycles. The number of rotatable bonds is 14. The molecule has 0 aromatic heterocycles. The maximum Gasteiger partial charge on any atom is 0.253 e. The van der Waals surface area contributed by atoms with Gasteiger partial charge in [0.2, 0.25) is 11.8 Å². The minimum atomic E-state index is -1.98. The van der Waals surface area contributed by atoms with Gasteiger partial charge in [0.15, 0.2) is 29.1 Å². The fourth-order valence-corrected chi connectivity index (χ4v) is 11.7. The number of ether oxygens (including phenoxy) is 2. The Morgan fingerprint density at radius 3 is 2.42 bits per heavy atom. The van der Waals surface area contributed by atoms with Crippen molar-refractivity contribution in [2.75, 3.05) is 18.5 Å². The summed E-state index contributed by atoms with van der Waals surface area (Å²) < 4.78 is 31.1. The molecule has 4 N–H and O–H groups in total. The third-order valence-corrected chi connectivity index (χ3v) is 15.2. The first-order valence-electron chi connectivity index (χ1n) is 22.1. The number of carbonyl (C=O) groups is 6. The molecule has 0 bridgehead atoms. The number of hydrogen-bond donors (Lipinski definition) is 4. The first-order valence-corrected chi connectivity index (χ1v) is 22.1. The zero-order chi connectivity index (χ0) is 45.9. The highest BCUT2D eigenvalue weighted by atomic mass is 19.1. The van der Waals surface area contributed by atoms with Crippen molar-refractivity contribution in [3.8, 4) is 0 Å². The van der Waals surface area contributed by atoms with Crippen LogP contribution in [-0.2, 0) is 44.7 Å². The van der Waals surface area contributed by atoms with Crippen LogP contribution in [0.4, 0.5) is 10.1 Å². The molecule has 3 saturated carbocycles. The van der Waals surface area contributed by atoms with Crippen molar-refractivity contribution < 1.29 is 52.8 Å². The zero-order valence-electron chi connectivity index (χ0n) is 36.6. The van der Waals surface area contributed by atoms with Crippen molar-refractivity contribution in [2.24, 2.45) is 28.6 Å². The van der Waals surface area contributed by atoms with Gasteiger partial charge in [-0.15, -0.1) is 0 Å². The number of anilines is 1. The number of allylic oxidation sites excluding steroid dienone is 5. The lowest BCUT2D eigenvalue weighted by Crippen LogP contribution is -2.69. The molecule has 14 heteroatoms. The summed E-state index contributed by atoms with van der Waals surface area (Å²) in [4.78, 5) is 76.8. The Bertz CT molecular complexity index is 2380. The second kappa shape index (κ2) is 16.9. The molecule has 2 aromatic rings. The number of aliphatic hydroxyl groups is 2. The van der Waals surface area contributed by atoms with Crippen molar-refractivity contribution in [2.45, 2.75) is 108 Å². The van der Waals surface area contributed by atoms with E-state index < -0.39 is 88.6 Å². The van der Waals surface area contributed by atoms with Gasteiger partial charge in [-0.05, 0) is 80.7 Å². The summed E-state index contributed by atoms with van der Waals surface area (Å²) >= 11 is 0. The van der Waals surface area contributed by atoms with Crippen LogP contribution in [0.25, 0.3) is 0 Å². The molecule has 4 fully saturated rings. The van der Waals surface area contributed by atoms with Crippen molar-refractivity contribution in [1.82, 2.24) is 10.2 Å². The number of fused-ring (bicyclic) bond motifs is 7. The molecule has 4 amide bonds. The van der Waals surface area contributed by atoms with E-state index in [4.69, 9.17) is 9.47 Å². The SMILES string of the molecule is C=C1C=C[C@@]2(C)C(=C1)CC[C@H]1[C@@H]3C[C@H]4OC(c5ccc(Cc6cccc(NC(=O)[C@H](C)CC(=O)[C@H](C)NC(=O)CCN7C(=O)C=CC7=O)c6)cc5)O[C@@]4(C(=O)CO)[C@@]3(C)C[C@H](O)[C@@]12F. The highest BCUT2D eigenvalue weighted by Crippen LogP contribution is 2.72. The minimum Gasteiger partial charge on any atom is -0.390 e. The van der Waals surface area contributed by atoms with Gasteiger partial charge >= 0.3 is 0 Å². The number of Topliss-reactive ketones (excluding diaryl/α,β-unsaturated/α-hetero) is 2. The number of alkyl halides is 1. The number of carbonyl (C=O) groups excluding carboxylic acids is 6. The lowest BCUT2D eigenvalue weighted by molar-refractivity contribution is -0.231. The lowest BCUT2D eigenvalue weighted by atomic mass is 9.44. The molecule has 0 radical (unpaired) electrons. The minimum absolute atomic E-state index is 0.0380. The molecule has 8 rings (SSSR count). The van der Waals surface area contributed by atoms with Gasteiger partial charge in [0.05, 0.1) is 18.2 Å². The fourth-order valence-electron chi connectivity index (χ4n) is 11.7. The Hall–Kier alpha value is -5.41. The van der Waals surface area contributed by atoms with Crippen molar-refractivity contribution in [3.05, 3.63) is 113 Å². The number of ketones is 2. The predicted molar refractivity (Wildman–Crippen MR) is 233 cm³/mol. The molecule has 338 valence electrons. The van der Waals surface area contributed by atoms with Gasteiger partial charge in [0, 0.05) is 65.5 Å². The van der Waals surface area contributed by atoms with Crippen LogP contribution in [0.5, 0.6) is 0 Å². The molecular formula is C50H56FN3O10. The van der Waals surface area contributed by atoms with Crippen LogP contribution in [0, 0.1) is 28.6 Å². The molecular weight excluding hydrogens is 822 g/mol. The highest BCUT2D eigenvalue weighted by Gasteiger charge is 2.79. The molecule has 2 heterocycles. The van der Waals surface area contributed by atoms with E-state index in [-0.39, 0.29) is 43.4 Å². The molecule has 13 nitrogen and oxygen atoms in total. The summed E-state index contributed by atoms with van der Waals surface area (Å²) in [5, 5.41) is 27.7. The molecule has 1 saturated heterocycles. The number of halogens is 1. The van der Waals surface area contributed by atoms with Crippen molar-refractivity contribution >= 4 is 40.9 Å². The van der Waals surface area contributed by atoms with E-state index in [2.05, 4.69) is 17.2 Å². The summed E-state index contributed by atoms with van der Waals surface area (Å²) in [6.45, 7) is 10.0. The highest BCUT2D eigenvalue weighted by molar-refractivity contribution is 6.13. The topological polar surface area (TPSA) is 189 Å². The van der Waals surface area contributed by atoms with E-state index in [1.165, 1.54) is 6.92 Å². The molecule has 4 aliphatic carbocycles. The zero-order valence-corrected chi connectivity index (χ0v) is 36.6. The summed E-state index contributed by atoms with van der Waals surface area (Å²) in [6, 6.07) is 14.0. The second-order valence-corrected chi connectivity index (χ2v) is 18.9. The van der Waals surface area contributed by atoms with Gasteiger partial charge in [-0.3, -0.25) is 33.7 Å². The average Bonchev–Trinajstić information content (AvgIpc) is 3.88. The molecule has 0 spiro atoms. The van der Waals surface area contributed by atoms with Gasteiger partial charge in [-0.1, -0.05) is 80.6 Å².